The number of unbranched alkanes of at least 4 members (excludes halogenated alkanes) is 1. The molecule has 0 aliphatic carbocycles. The summed E-state index contributed by atoms with van der Waals surface area (Å²) >= 11 is 0. The van der Waals surface area contributed by atoms with Crippen LogP contribution in [-0.4, -0.2) is 21.5 Å². The number of rotatable bonds is 10. The van der Waals surface area contributed by atoms with Crippen LogP contribution in [0, 0.1) is 0 Å². The van der Waals surface area contributed by atoms with Crippen molar-refractivity contribution in [2.75, 3.05) is 7.05 Å². The Hall–Kier alpha value is -0.910. The van der Waals surface area contributed by atoms with Gasteiger partial charge in [0.2, 0.25) is 10.0 Å². The molecular formula is C16H28N2O2S. The quantitative estimate of drug-likeness (QED) is 0.698. The molecule has 0 amide bonds. The molecule has 0 saturated heterocycles. The van der Waals surface area contributed by atoms with Crippen LogP contribution in [-0.2, 0) is 16.6 Å². The van der Waals surface area contributed by atoms with Crippen molar-refractivity contribution >= 4 is 10.0 Å². The highest BCUT2D eigenvalue weighted by Crippen LogP contribution is 2.14. The summed E-state index contributed by atoms with van der Waals surface area (Å²) in [6.07, 6.45) is 4.91. The fourth-order valence-electron chi connectivity index (χ4n) is 2.34. The molecule has 0 heterocycles. The summed E-state index contributed by atoms with van der Waals surface area (Å²) in [5.74, 6) is 0. The van der Waals surface area contributed by atoms with E-state index in [2.05, 4.69) is 23.9 Å². The SMILES string of the molecule is CCCCC(CCC)NS(=O)(=O)c1ccc(CNC)cc1. The van der Waals surface area contributed by atoms with Crippen LogP contribution in [0.1, 0.15) is 51.5 Å². The summed E-state index contributed by atoms with van der Waals surface area (Å²) in [4.78, 5) is 0.347. The molecular weight excluding hydrogens is 284 g/mol. The lowest BCUT2D eigenvalue weighted by molar-refractivity contribution is 0.483. The summed E-state index contributed by atoms with van der Waals surface area (Å²) < 4.78 is 27.7. The summed E-state index contributed by atoms with van der Waals surface area (Å²) in [6, 6.07) is 7.10. The Morgan fingerprint density at radius 3 is 2.24 bits per heavy atom. The standard InChI is InChI=1S/C16H28N2O2S/c1-4-6-8-15(7-5-2)18-21(19,20)16-11-9-14(10-12-16)13-17-3/h9-12,15,17-18H,4-8,13H2,1-3H3. The van der Waals surface area contributed by atoms with Gasteiger partial charge in [0.25, 0.3) is 0 Å². The van der Waals surface area contributed by atoms with Gasteiger partial charge in [-0.05, 0) is 37.6 Å². The Morgan fingerprint density at radius 2 is 1.71 bits per heavy atom. The van der Waals surface area contributed by atoms with E-state index in [1.165, 1.54) is 0 Å². The molecule has 0 aromatic heterocycles. The van der Waals surface area contributed by atoms with Gasteiger partial charge in [-0.2, -0.15) is 0 Å². The van der Waals surface area contributed by atoms with Crippen LogP contribution in [0.15, 0.2) is 29.2 Å². The van der Waals surface area contributed by atoms with E-state index in [1.54, 1.807) is 12.1 Å². The highest BCUT2D eigenvalue weighted by molar-refractivity contribution is 7.89. The zero-order valence-corrected chi connectivity index (χ0v) is 14.2. The third-order valence-corrected chi connectivity index (χ3v) is 5.02. The molecule has 0 aliphatic rings. The monoisotopic (exact) mass is 312 g/mol. The summed E-state index contributed by atoms with van der Waals surface area (Å²) in [5, 5.41) is 3.05. The van der Waals surface area contributed by atoms with Crippen molar-refractivity contribution in [2.24, 2.45) is 0 Å². The molecule has 0 aliphatic heterocycles. The Labute approximate surface area is 129 Å². The largest absolute Gasteiger partial charge is 0.316 e. The molecule has 120 valence electrons. The van der Waals surface area contributed by atoms with E-state index in [9.17, 15) is 8.42 Å². The highest BCUT2D eigenvalue weighted by Gasteiger charge is 2.19. The molecule has 1 unspecified atom stereocenters. The molecule has 0 spiro atoms. The maximum absolute atomic E-state index is 12.4. The summed E-state index contributed by atoms with van der Waals surface area (Å²) in [7, 11) is -1.54. The minimum atomic E-state index is -3.41. The zero-order valence-electron chi connectivity index (χ0n) is 13.4. The molecule has 5 heteroatoms. The van der Waals surface area contributed by atoms with Crippen molar-refractivity contribution < 1.29 is 8.42 Å². The van der Waals surface area contributed by atoms with Crippen LogP contribution in [0.5, 0.6) is 0 Å². The average Bonchev–Trinajstić information content (AvgIpc) is 2.46. The molecule has 1 rings (SSSR count). The Balaban J connectivity index is 2.77. The molecule has 0 bridgehead atoms. The lowest BCUT2D eigenvalue weighted by atomic mass is 10.1. The van der Waals surface area contributed by atoms with E-state index < -0.39 is 10.0 Å². The minimum absolute atomic E-state index is 0.0388. The van der Waals surface area contributed by atoms with Crippen LogP contribution in [0.2, 0.25) is 0 Å². The van der Waals surface area contributed by atoms with Crippen molar-refractivity contribution in [3.8, 4) is 0 Å². The van der Waals surface area contributed by atoms with Crippen molar-refractivity contribution in [1.82, 2.24) is 10.0 Å². The lowest BCUT2D eigenvalue weighted by Crippen LogP contribution is -2.34. The third-order valence-electron chi connectivity index (χ3n) is 3.48. The lowest BCUT2D eigenvalue weighted by Gasteiger charge is -2.18. The fourth-order valence-corrected chi connectivity index (χ4v) is 3.64. The molecule has 0 radical (unpaired) electrons. The molecule has 0 fully saturated rings. The predicted molar refractivity (Wildman–Crippen MR) is 87.7 cm³/mol. The van der Waals surface area contributed by atoms with Crippen molar-refractivity contribution in [2.45, 2.75) is 63.4 Å². The van der Waals surface area contributed by atoms with Crippen LogP contribution in [0.4, 0.5) is 0 Å². The first kappa shape index (κ1) is 18.1. The van der Waals surface area contributed by atoms with Crippen LogP contribution in [0.3, 0.4) is 0 Å². The van der Waals surface area contributed by atoms with E-state index in [0.717, 1.165) is 44.2 Å². The number of benzene rings is 1. The number of hydrogen-bond acceptors (Lipinski definition) is 3. The topological polar surface area (TPSA) is 58.2 Å². The average molecular weight is 312 g/mol. The molecule has 2 N–H and O–H groups in total. The number of nitrogens with one attached hydrogen (secondary N) is 2. The van der Waals surface area contributed by atoms with Gasteiger partial charge < -0.3 is 5.32 Å². The van der Waals surface area contributed by atoms with Gasteiger partial charge in [-0.1, -0.05) is 45.2 Å². The van der Waals surface area contributed by atoms with Gasteiger partial charge in [0.15, 0.2) is 0 Å². The van der Waals surface area contributed by atoms with Gasteiger partial charge in [-0.15, -0.1) is 0 Å². The van der Waals surface area contributed by atoms with E-state index in [-0.39, 0.29) is 6.04 Å². The predicted octanol–water partition coefficient (Wildman–Crippen LogP) is 3.04. The fraction of sp³-hybridized carbons (Fsp3) is 0.625. The maximum Gasteiger partial charge on any atom is 0.240 e. The Morgan fingerprint density at radius 1 is 1.05 bits per heavy atom. The number of hydrogen-bond donors (Lipinski definition) is 2. The normalized spacial score (nSPS) is 13.3. The van der Waals surface area contributed by atoms with Crippen LogP contribution >= 0.6 is 0 Å². The minimum Gasteiger partial charge on any atom is -0.316 e. The first-order valence-corrected chi connectivity index (χ1v) is 9.27. The summed E-state index contributed by atoms with van der Waals surface area (Å²) in [6.45, 7) is 4.94. The second-order valence-electron chi connectivity index (χ2n) is 5.42. The van der Waals surface area contributed by atoms with Gasteiger partial charge in [0, 0.05) is 12.6 Å². The smallest absolute Gasteiger partial charge is 0.240 e. The van der Waals surface area contributed by atoms with Crippen LogP contribution in [0.25, 0.3) is 0 Å². The van der Waals surface area contributed by atoms with E-state index in [1.807, 2.05) is 19.2 Å². The molecule has 1 atom stereocenters. The van der Waals surface area contributed by atoms with Crippen LogP contribution < -0.4 is 10.0 Å². The first-order valence-electron chi connectivity index (χ1n) is 7.79. The molecule has 1 aromatic rings. The number of sulfonamides is 1. The van der Waals surface area contributed by atoms with E-state index in [0.29, 0.717) is 4.90 Å². The molecule has 1 aromatic carbocycles. The third kappa shape index (κ3) is 6.16. The van der Waals surface area contributed by atoms with Crippen molar-refractivity contribution in [3.63, 3.8) is 0 Å². The Bertz CT molecular complexity index is 498. The highest BCUT2D eigenvalue weighted by atomic mass is 32.2. The zero-order chi connectivity index (χ0) is 15.7. The maximum atomic E-state index is 12.4. The van der Waals surface area contributed by atoms with Gasteiger partial charge in [0.05, 0.1) is 4.90 Å². The molecule has 21 heavy (non-hydrogen) atoms. The molecule has 0 saturated carbocycles. The van der Waals surface area contributed by atoms with Crippen molar-refractivity contribution in [3.05, 3.63) is 29.8 Å². The summed E-state index contributed by atoms with van der Waals surface area (Å²) in [5.41, 5.74) is 1.08. The molecule has 4 nitrogen and oxygen atoms in total. The Kier molecular flexibility index (Phi) is 7.93. The van der Waals surface area contributed by atoms with Gasteiger partial charge in [-0.25, -0.2) is 13.1 Å². The van der Waals surface area contributed by atoms with Gasteiger partial charge in [0.1, 0.15) is 0 Å². The van der Waals surface area contributed by atoms with E-state index in [4.69, 9.17) is 0 Å². The van der Waals surface area contributed by atoms with E-state index >= 15 is 0 Å². The second kappa shape index (κ2) is 9.18. The van der Waals surface area contributed by atoms with Gasteiger partial charge >= 0.3 is 0 Å². The first-order chi connectivity index (χ1) is 10.0. The van der Waals surface area contributed by atoms with Gasteiger partial charge in [-0.3, -0.25) is 0 Å². The van der Waals surface area contributed by atoms with Crippen molar-refractivity contribution in [1.29, 1.82) is 0 Å². The second-order valence-corrected chi connectivity index (χ2v) is 7.14.